The maximum atomic E-state index is 12.7. The maximum Gasteiger partial charge on any atom is 0.244 e. The molecule has 150 valence electrons. The number of benzene rings is 1. The van der Waals surface area contributed by atoms with E-state index in [-0.39, 0.29) is 11.9 Å². The van der Waals surface area contributed by atoms with Crippen molar-refractivity contribution < 1.29 is 4.79 Å². The molecular formula is C23H27N5O. The molecule has 1 fully saturated rings. The Morgan fingerprint density at radius 2 is 1.97 bits per heavy atom. The minimum absolute atomic E-state index is 0.0404. The molecule has 2 N–H and O–H groups in total. The fourth-order valence-electron chi connectivity index (χ4n) is 3.71. The van der Waals surface area contributed by atoms with Crippen molar-refractivity contribution in [1.29, 1.82) is 0 Å². The number of likely N-dealkylation sites (N-methyl/N-ethyl adjacent to an activating group) is 1. The molecule has 3 aromatic rings. The molecule has 4 rings (SSSR count). The molecule has 1 aliphatic heterocycles. The Kier molecular flexibility index (Phi) is 6.03. The first-order chi connectivity index (χ1) is 14.2. The number of piperazine rings is 1. The standard InChI is InChI=1S/C23H27N5O/c1-27-12-14-28(15-13-27)17-21(18-6-3-2-4-7-18)26-22(29)10-9-19-16-25-23-20(19)8-5-11-24-23/h2-11,16,21H,12-15,17H2,1H3,(H,24,25)(H,26,29)/t21-/m1/s1. The van der Waals surface area contributed by atoms with Crippen LogP contribution in [-0.2, 0) is 4.79 Å². The highest BCUT2D eigenvalue weighted by atomic mass is 16.1. The fourth-order valence-corrected chi connectivity index (χ4v) is 3.71. The number of hydrogen-bond donors (Lipinski definition) is 2. The quantitative estimate of drug-likeness (QED) is 0.636. The van der Waals surface area contributed by atoms with Crippen LogP contribution in [0, 0.1) is 0 Å². The zero-order valence-electron chi connectivity index (χ0n) is 16.7. The monoisotopic (exact) mass is 389 g/mol. The van der Waals surface area contributed by atoms with Crippen molar-refractivity contribution in [3.05, 3.63) is 72.1 Å². The molecule has 1 aliphatic rings. The molecule has 0 radical (unpaired) electrons. The number of H-pyrrole nitrogens is 1. The van der Waals surface area contributed by atoms with Crippen molar-refractivity contribution in [1.82, 2.24) is 25.1 Å². The van der Waals surface area contributed by atoms with Crippen molar-refractivity contribution in [2.75, 3.05) is 39.8 Å². The molecule has 29 heavy (non-hydrogen) atoms. The number of pyridine rings is 1. The van der Waals surface area contributed by atoms with Gasteiger partial charge in [-0.1, -0.05) is 30.3 Å². The van der Waals surface area contributed by atoms with Gasteiger partial charge in [-0.3, -0.25) is 9.69 Å². The Labute approximate surface area is 171 Å². The van der Waals surface area contributed by atoms with Crippen LogP contribution in [0.25, 0.3) is 17.1 Å². The molecule has 0 unspecified atom stereocenters. The molecule has 1 aromatic carbocycles. The average molecular weight is 390 g/mol. The van der Waals surface area contributed by atoms with Crippen molar-refractivity contribution in [3.63, 3.8) is 0 Å². The van der Waals surface area contributed by atoms with Gasteiger partial charge in [0.15, 0.2) is 0 Å². The van der Waals surface area contributed by atoms with E-state index in [4.69, 9.17) is 0 Å². The van der Waals surface area contributed by atoms with E-state index in [2.05, 4.69) is 44.3 Å². The Balaban J connectivity index is 1.45. The smallest absolute Gasteiger partial charge is 0.244 e. The van der Waals surface area contributed by atoms with Gasteiger partial charge >= 0.3 is 0 Å². The first-order valence-corrected chi connectivity index (χ1v) is 10.1. The van der Waals surface area contributed by atoms with Crippen LogP contribution in [0.15, 0.2) is 60.9 Å². The summed E-state index contributed by atoms with van der Waals surface area (Å²) in [5.74, 6) is -0.0915. The first-order valence-electron chi connectivity index (χ1n) is 10.1. The molecule has 1 saturated heterocycles. The van der Waals surface area contributed by atoms with Gasteiger partial charge in [0.2, 0.25) is 5.91 Å². The number of amides is 1. The third-order valence-corrected chi connectivity index (χ3v) is 5.45. The lowest BCUT2D eigenvalue weighted by Gasteiger charge is -2.34. The van der Waals surface area contributed by atoms with Gasteiger partial charge in [0, 0.05) is 62.1 Å². The number of nitrogens with one attached hydrogen (secondary N) is 2. The molecule has 1 amide bonds. The van der Waals surface area contributed by atoms with Crippen molar-refractivity contribution in [2.45, 2.75) is 6.04 Å². The van der Waals surface area contributed by atoms with Crippen LogP contribution in [0.2, 0.25) is 0 Å². The fraction of sp³-hybridized carbons (Fsp3) is 0.304. The molecule has 0 bridgehead atoms. The zero-order valence-corrected chi connectivity index (χ0v) is 16.7. The van der Waals surface area contributed by atoms with Gasteiger partial charge in [0.05, 0.1) is 6.04 Å². The Hall–Kier alpha value is -2.96. The predicted octanol–water partition coefficient (Wildman–Crippen LogP) is 2.68. The minimum Gasteiger partial charge on any atom is -0.346 e. The number of carbonyl (C=O) groups excluding carboxylic acids is 1. The molecule has 0 aliphatic carbocycles. The Bertz CT molecular complexity index is 973. The number of nitrogens with zero attached hydrogens (tertiary/aromatic N) is 3. The van der Waals surface area contributed by atoms with Gasteiger partial charge in [-0.15, -0.1) is 0 Å². The number of rotatable bonds is 6. The van der Waals surface area contributed by atoms with E-state index >= 15 is 0 Å². The second kappa shape index (κ2) is 9.03. The second-order valence-electron chi connectivity index (χ2n) is 7.55. The molecule has 6 nitrogen and oxygen atoms in total. The lowest BCUT2D eigenvalue weighted by molar-refractivity contribution is -0.117. The highest BCUT2D eigenvalue weighted by Gasteiger charge is 2.20. The largest absolute Gasteiger partial charge is 0.346 e. The van der Waals surface area contributed by atoms with E-state index in [0.717, 1.165) is 54.9 Å². The van der Waals surface area contributed by atoms with Crippen molar-refractivity contribution in [3.8, 4) is 0 Å². The molecule has 6 heteroatoms. The third kappa shape index (κ3) is 4.91. The lowest BCUT2D eigenvalue weighted by atomic mass is 10.1. The zero-order chi connectivity index (χ0) is 20.1. The van der Waals surface area contributed by atoms with Crippen molar-refractivity contribution >= 4 is 23.0 Å². The van der Waals surface area contributed by atoms with Crippen LogP contribution in [0.1, 0.15) is 17.2 Å². The Morgan fingerprint density at radius 1 is 1.17 bits per heavy atom. The molecule has 0 spiro atoms. The number of aromatic nitrogens is 2. The third-order valence-electron chi connectivity index (χ3n) is 5.45. The average Bonchev–Trinajstić information content (AvgIpc) is 3.17. The summed E-state index contributed by atoms with van der Waals surface area (Å²) in [5, 5.41) is 4.20. The number of carbonyl (C=O) groups is 1. The molecule has 3 heterocycles. The lowest BCUT2D eigenvalue weighted by Crippen LogP contribution is -2.47. The summed E-state index contributed by atoms with van der Waals surface area (Å²) < 4.78 is 0. The van der Waals surface area contributed by atoms with Gasteiger partial charge in [0.1, 0.15) is 5.65 Å². The SMILES string of the molecule is CN1CCN(C[C@@H](NC(=O)C=Cc2c[nH]c3ncccc23)c2ccccc2)CC1. The van der Waals surface area contributed by atoms with E-state index in [9.17, 15) is 4.79 Å². The van der Waals surface area contributed by atoms with Gasteiger partial charge in [-0.2, -0.15) is 0 Å². The first kappa shape index (κ1) is 19.4. The minimum atomic E-state index is -0.0915. The van der Waals surface area contributed by atoms with Gasteiger partial charge in [0.25, 0.3) is 0 Å². The van der Waals surface area contributed by atoms with Crippen LogP contribution in [0.5, 0.6) is 0 Å². The summed E-state index contributed by atoms with van der Waals surface area (Å²) in [6.45, 7) is 4.98. The van der Waals surface area contributed by atoms with Crippen LogP contribution in [0.3, 0.4) is 0 Å². The van der Waals surface area contributed by atoms with E-state index in [1.165, 1.54) is 0 Å². The summed E-state index contributed by atoms with van der Waals surface area (Å²) in [6.07, 6.45) is 7.07. The summed E-state index contributed by atoms with van der Waals surface area (Å²) in [6, 6.07) is 14.1. The van der Waals surface area contributed by atoms with E-state index in [0.29, 0.717) is 0 Å². The Morgan fingerprint density at radius 3 is 2.76 bits per heavy atom. The molecule has 1 atom stereocenters. The summed E-state index contributed by atoms with van der Waals surface area (Å²) >= 11 is 0. The van der Waals surface area contributed by atoms with E-state index in [1.54, 1.807) is 12.3 Å². The van der Waals surface area contributed by atoms with Crippen LogP contribution in [-0.4, -0.2) is 65.4 Å². The number of hydrogen-bond acceptors (Lipinski definition) is 4. The van der Waals surface area contributed by atoms with Gasteiger partial charge in [-0.25, -0.2) is 4.98 Å². The highest BCUT2D eigenvalue weighted by molar-refractivity contribution is 5.95. The van der Waals surface area contributed by atoms with Gasteiger partial charge in [-0.05, 0) is 30.8 Å². The number of fused-ring (bicyclic) bond motifs is 1. The molecular weight excluding hydrogens is 362 g/mol. The summed E-state index contributed by atoms with van der Waals surface area (Å²) in [5.41, 5.74) is 2.91. The summed E-state index contributed by atoms with van der Waals surface area (Å²) in [7, 11) is 2.15. The number of aromatic amines is 1. The predicted molar refractivity (Wildman–Crippen MR) is 116 cm³/mol. The van der Waals surface area contributed by atoms with E-state index < -0.39 is 0 Å². The molecule has 2 aromatic heterocycles. The maximum absolute atomic E-state index is 12.7. The normalized spacial score (nSPS) is 17.0. The van der Waals surface area contributed by atoms with Crippen LogP contribution < -0.4 is 5.32 Å². The van der Waals surface area contributed by atoms with Crippen LogP contribution >= 0.6 is 0 Å². The molecule has 0 saturated carbocycles. The van der Waals surface area contributed by atoms with Crippen LogP contribution in [0.4, 0.5) is 0 Å². The van der Waals surface area contributed by atoms with Gasteiger partial charge < -0.3 is 15.2 Å². The highest BCUT2D eigenvalue weighted by Crippen LogP contribution is 2.18. The van der Waals surface area contributed by atoms with Crippen molar-refractivity contribution in [2.24, 2.45) is 0 Å². The second-order valence-corrected chi connectivity index (χ2v) is 7.55. The topological polar surface area (TPSA) is 64.3 Å². The summed E-state index contributed by atoms with van der Waals surface area (Å²) in [4.78, 5) is 24.9. The van der Waals surface area contributed by atoms with E-state index in [1.807, 2.05) is 42.6 Å².